The molecule has 0 atom stereocenters. The van der Waals surface area contributed by atoms with E-state index in [0.29, 0.717) is 38.0 Å². The number of carbonyl (C=O) groups is 1. The number of para-hydroxylation sites is 1. The van der Waals surface area contributed by atoms with Crippen molar-refractivity contribution in [1.82, 2.24) is 0 Å². The van der Waals surface area contributed by atoms with Crippen molar-refractivity contribution in [3.8, 4) is 11.5 Å². The molecule has 0 saturated carbocycles. The van der Waals surface area contributed by atoms with E-state index in [1.165, 1.54) is 11.8 Å². The summed E-state index contributed by atoms with van der Waals surface area (Å²) >= 11 is 4.47. The summed E-state index contributed by atoms with van der Waals surface area (Å²) < 4.78 is 11.0. The number of phenolic OH excluding ortho intramolecular Hbond substituents is 1. The number of aliphatic hydroxyl groups excluding tert-OH is 1. The molecule has 0 fully saturated rings. The van der Waals surface area contributed by atoms with E-state index >= 15 is 0 Å². The summed E-state index contributed by atoms with van der Waals surface area (Å²) in [6.07, 6.45) is 1.69. The van der Waals surface area contributed by atoms with Crippen molar-refractivity contribution in [2.24, 2.45) is 4.99 Å². The molecule has 1 aliphatic heterocycles. The lowest BCUT2D eigenvalue weighted by atomic mass is 10.1. The van der Waals surface area contributed by atoms with Gasteiger partial charge in [0.2, 0.25) is 0 Å². The highest BCUT2D eigenvalue weighted by Crippen LogP contribution is 2.42. The molecule has 0 radical (unpaired) electrons. The number of aliphatic hydroxyl groups is 1. The van der Waals surface area contributed by atoms with Gasteiger partial charge in [-0.25, -0.2) is 9.79 Å². The largest absolute Gasteiger partial charge is 0.506 e. The molecule has 8 heteroatoms. The molecule has 0 bridgehead atoms. The summed E-state index contributed by atoms with van der Waals surface area (Å²) in [5.74, 6) is -0.525. The minimum absolute atomic E-state index is 0.00335. The molecule has 0 aromatic heterocycles. The zero-order valence-electron chi connectivity index (χ0n) is 16.4. The van der Waals surface area contributed by atoms with E-state index in [0.717, 1.165) is 0 Å². The number of ether oxygens (including phenoxy) is 2. The van der Waals surface area contributed by atoms with Gasteiger partial charge in [0.1, 0.15) is 16.4 Å². The van der Waals surface area contributed by atoms with Gasteiger partial charge >= 0.3 is 5.97 Å². The van der Waals surface area contributed by atoms with Gasteiger partial charge in [-0.2, -0.15) is 0 Å². The zero-order chi connectivity index (χ0) is 21.7. The van der Waals surface area contributed by atoms with E-state index in [4.69, 9.17) is 9.47 Å². The summed E-state index contributed by atoms with van der Waals surface area (Å²) in [6, 6.07) is 12.5. The van der Waals surface area contributed by atoms with Gasteiger partial charge in [-0.05, 0) is 65.7 Å². The molecular weight excluding hydrogens is 470 g/mol. The van der Waals surface area contributed by atoms with Gasteiger partial charge in [-0.15, -0.1) is 0 Å². The van der Waals surface area contributed by atoms with E-state index in [-0.39, 0.29) is 23.7 Å². The Hall–Kier alpha value is -2.71. The van der Waals surface area contributed by atoms with Crippen LogP contribution < -0.4 is 4.74 Å². The van der Waals surface area contributed by atoms with E-state index in [9.17, 15) is 15.0 Å². The molecule has 0 aliphatic carbocycles. The van der Waals surface area contributed by atoms with Crippen molar-refractivity contribution in [3.05, 3.63) is 68.7 Å². The third kappa shape index (κ3) is 4.88. The third-order valence-corrected chi connectivity index (χ3v) is 5.63. The number of aliphatic imine (C=N–C) groups is 1. The number of nitrogens with zero attached hydrogens (tertiary/aromatic N) is 1. The smallest absolute Gasteiger partial charge is 0.344 e. The van der Waals surface area contributed by atoms with Crippen LogP contribution in [0.5, 0.6) is 11.5 Å². The molecule has 0 spiro atoms. The van der Waals surface area contributed by atoms with Crippen molar-refractivity contribution >= 4 is 50.5 Å². The predicted octanol–water partition coefficient (Wildman–Crippen LogP) is 5.75. The SMILES string of the molecule is CCOC(=O)C1=C(O)/C(=C/c2cc(Br)c(O)c(OCC)c2)SC1=Nc1ccccc1. The second kappa shape index (κ2) is 9.86. The summed E-state index contributed by atoms with van der Waals surface area (Å²) in [7, 11) is 0. The number of thioether (sulfide) groups is 1. The number of esters is 1. The summed E-state index contributed by atoms with van der Waals surface area (Å²) in [5.41, 5.74) is 1.35. The number of halogens is 1. The van der Waals surface area contributed by atoms with Crippen LogP contribution in [0.15, 0.2) is 68.2 Å². The second-order valence-electron chi connectivity index (χ2n) is 6.09. The van der Waals surface area contributed by atoms with Gasteiger partial charge in [0.05, 0.1) is 28.3 Å². The van der Waals surface area contributed by atoms with Crippen LogP contribution in [0.2, 0.25) is 0 Å². The Labute approximate surface area is 187 Å². The van der Waals surface area contributed by atoms with Crippen LogP contribution in [0.4, 0.5) is 5.69 Å². The molecule has 30 heavy (non-hydrogen) atoms. The zero-order valence-corrected chi connectivity index (χ0v) is 18.8. The van der Waals surface area contributed by atoms with Crippen LogP contribution in [-0.4, -0.2) is 34.4 Å². The maximum atomic E-state index is 12.5. The third-order valence-electron chi connectivity index (χ3n) is 4.01. The lowest BCUT2D eigenvalue weighted by Crippen LogP contribution is -2.12. The summed E-state index contributed by atoms with van der Waals surface area (Å²) in [5, 5.41) is 21.2. The normalized spacial score (nSPS) is 16.4. The van der Waals surface area contributed by atoms with Crippen LogP contribution in [0.3, 0.4) is 0 Å². The van der Waals surface area contributed by atoms with Gasteiger partial charge in [0.25, 0.3) is 0 Å². The molecule has 6 nitrogen and oxygen atoms in total. The van der Waals surface area contributed by atoms with Gasteiger partial charge in [0, 0.05) is 0 Å². The number of phenols is 1. The molecule has 2 aromatic rings. The Morgan fingerprint density at radius 3 is 2.57 bits per heavy atom. The first kappa shape index (κ1) is 22.0. The minimum Gasteiger partial charge on any atom is -0.506 e. The van der Waals surface area contributed by atoms with Crippen LogP contribution in [0.1, 0.15) is 19.4 Å². The molecule has 0 amide bonds. The molecule has 3 rings (SSSR count). The molecule has 1 aliphatic rings. The monoisotopic (exact) mass is 489 g/mol. The molecule has 0 saturated heterocycles. The molecule has 2 N–H and O–H groups in total. The standard InChI is InChI=1S/C22H20BrNO5S/c1-3-28-16-11-13(10-15(23)19(16)25)12-17-20(26)18(22(27)29-4-2)21(30-17)24-14-8-6-5-7-9-14/h5-12,25-26H,3-4H2,1-2H3/b17-12-,24-21?. The first-order valence-corrected chi connectivity index (χ1v) is 10.8. The Bertz CT molecular complexity index is 1050. The van der Waals surface area contributed by atoms with Gasteiger partial charge in [-0.1, -0.05) is 30.0 Å². The first-order chi connectivity index (χ1) is 14.4. The van der Waals surface area contributed by atoms with Gasteiger partial charge in [-0.3, -0.25) is 0 Å². The van der Waals surface area contributed by atoms with E-state index < -0.39 is 5.97 Å². The molecule has 0 unspecified atom stereocenters. The van der Waals surface area contributed by atoms with Crippen molar-refractivity contribution in [2.45, 2.75) is 13.8 Å². The fourth-order valence-electron chi connectivity index (χ4n) is 2.71. The highest BCUT2D eigenvalue weighted by Gasteiger charge is 2.33. The van der Waals surface area contributed by atoms with Crippen LogP contribution in [-0.2, 0) is 9.53 Å². The van der Waals surface area contributed by atoms with Crippen molar-refractivity contribution in [3.63, 3.8) is 0 Å². The van der Waals surface area contributed by atoms with Gasteiger partial charge < -0.3 is 19.7 Å². The fraction of sp³-hybridized carbons (Fsp3) is 0.182. The van der Waals surface area contributed by atoms with E-state index in [1.807, 2.05) is 25.1 Å². The molecular formula is C22H20BrNO5S. The number of aromatic hydroxyl groups is 1. The Balaban J connectivity index is 2.06. The Morgan fingerprint density at radius 2 is 1.90 bits per heavy atom. The lowest BCUT2D eigenvalue weighted by molar-refractivity contribution is -0.138. The second-order valence-corrected chi connectivity index (χ2v) is 7.97. The maximum absolute atomic E-state index is 12.5. The average Bonchev–Trinajstić information content (AvgIpc) is 3.01. The minimum atomic E-state index is -0.637. The summed E-state index contributed by atoms with van der Waals surface area (Å²) in [4.78, 5) is 17.4. The summed E-state index contributed by atoms with van der Waals surface area (Å²) in [6.45, 7) is 4.09. The van der Waals surface area contributed by atoms with Crippen LogP contribution in [0, 0.1) is 0 Å². The quantitative estimate of drug-likeness (QED) is 0.502. The lowest BCUT2D eigenvalue weighted by Gasteiger charge is -2.09. The Morgan fingerprint density at radius 1 is 1.17 bits per heavy atom. The highest BCUT2D eigenvalue weighted by molar-refractivity contribution is 9.10. The number of carbonyl (C=O) groups excluding carboxylic acids is 1. The highest BCUT2D eigenvalue weighted by atomic mass is 79.9. The number of hydrogen-bond donors (Lipinski definition) is 2. The average molecular weight is 490 g/mol. The topological polar surface area (TPSA) is 88.4 Å². The van der Waals surface area contributed by atoms with Crippen LogP contribution >= 0.6 is 27.7 Å². The van der Waals surface area contributed by atoms with E-state index in [2.05, 4.69) is 20.9 Å². The molecule has 1 heterocycles. The maximum Gasteiger partial charge on any atom is 0.344 e. The van der Waals surface area contributed by atoms with E-state index in [1.54, 1.807) is 37.3 Å². The first-order valence-electron chi connectivity index (χ1n) is 9.24. The Kier molecular flexibility index (Phi) is 7.23. The van der Waals surface area contributed by atoms with Gasteiger partial charge in [0.15, 0.2) is 11.5 Å². The van der Waals surface area contributed by atoms with Crippen molar-refractivity contribution < 1.29 is 24.5 Å². The fourth-order valence-corrected chi connectivity index (χ4v) is 4.20. The molecule has 2 aromatic carbocycles. The number of rotatable bonds is 6. The van der Waals surface area contributed by atoms with Crippen molar-refractivity contribution in [2.75, 3.05) is 13.2 Å². The van der Waals surface area contributed by atoms with Crippen molar-refractivity contribution in [1.29, 1.82) is 0 Å². The predicted molar refractivity (Wildman–Crippen MR) is 122 cm³/mol. The number of benzene rings is 2. The molecule has 156 valence electrons. The number of hydrogen-bond acceptors (Lipinski definition) is 7. The van der Waals surface area contributed by atoms with Crippen LogP contribution in [0.25, 0.3) is 6.08 Å².